The Balaban J connectivity index is 1.66. The molecular weight excluding hydrogens is 324 g/mol. The molecule has 4 rings (SSSR count). The van der Waals surface area contributed by atoms with Gasteiger partial charge in [-0.1, -0.05) is 12.1 Å². The predicted molar refractivity (Wildman–Crippen MR) is 92.5 cm³/mol. The van der Waals surface area contributed by atoms with Crippen LogP contribution in [0.15, 0.2) is 29.3 Å². The van der Waals surface area contributed by atoms with Gasteiger partial charge in [-0.25, -0.2) is 0 Å². The molecule has 128 valence electrons. The number of anilines is 1. The van der Waals surface area contributed by atoms with Gasteiger partial charge >= 0.3 is 0 Å². The molecule has 1 aromatic heterocycles. The number of nitrogens with zero attached hydrogens (tertiary/aromatic N) is 3. The zero-order chi connectivity index (χ0) is 16.9. The van der Waals surface area contributed by atoms with Gasteiger partial charge in [0.15, 0.2) is 5.03 Å². The second-order valence-electron chi connectivity index (χ2n) is 6.84. The second kappa shape index (κ2) is 5.60. The molecule has 1 aromatic carbocycles. The first-order valence-electron chi connectivity index (χ1n) is 8.30. The van der Waals surface area contributed by atoms with Gasteiger partial charge in [0, 0.05) is 32.1 Å². The second-order valence-corrected chi connectivity index (χ2v) is 8.47. The maximum Gasteiger partial charge on any atom is 0.279 e. The first kappa shape index (κ1) is 15.7. The number of nitrogens with one attached hydrogen (secondary N) is 1. The molecule has 7 heteroatoms. The van der Waals surface area contributed by atoms with Gasteiger partial charge in [0.1, 0.15) is 0 Å². The minimum absolute atomic E-state index is 0.231. The van der Waals surface area contributed by atoms with Crippen molar-refractivity contribution < 1.29 is 8.42 Å². The monoisotopic (exact) mass is 346 g/mol. The van der Waals surface area contributed by atoms with Crippen LogP contribution in [0.4, 0.5) is 5.69 Å². The average Bonchev–Trinajstić information content (AvgIpc) is 3.29. The highest BCUT2D eigenvalue weighted by Gasteiger charge is 2.30. The summed E-state index contributed by atoms with van der Waals surface area (Å²) in [5.41, 5.74) is 3.86. The number of aryl methyl sites for hydroxylation is 1. The Morgan fingerprint density at radius 3 is 2.79 bits per heavy atom. The molecule has 2 aromatic rings. The van der Waals surface area contributed by atoms with Crippen LogP contribution in [-0.2, 0) is 30.0 Å². The number of hydrogen-bond donors (Lipinski definition) is 1. The predicted octanol–water partition coefficient (Wildman–Crippen LogP) is 2.09. The molecule has 0 saturated heterocycles. The number of sulfonamides is 1. The molecular formula is C17H22N4O2S. The number of hydrogen-bond acceptors (Lipinski definition) is 4. The van der Waals surface area contributed by atoms with E-state index in [1.165, 1.54) is 10.2 Å². The summed E-state index contributed by atoms with van der Waals surface area (Å²) in [7, 11) is 0.129. The first-order chi connectivity index (χ1) is 11.4. The third-order valence-electron chi connectivity index (χ3n) is 4.83. The molecule has 0 amide bonds. The Morgan fingerprint density at radius 2 is 2.04 bits per heavy atom. The van der Waals surface area contributed by atoms with Crippen LogP contribution in [0, 0.1) is 0 Å². The molecule has 2 heterocycles. The normalized spacial score (nSPS) is 18.4. The van der Waals surface area contributed by atoms with Gasteiger partial charge in [-0.2, -0.15) is 13.5 Å². The highest BCUT2D eigenvalue weighted by Crippen LogP contribution is 2.40. The molecule has 1 fully saturated rings. The summed E-state index contributed by atoms with van der Waals surface area (Å²) in [4.78, 5) is 2.24. The van der Waals surface area contributed by atoms with Crippen LogP contribution in [0.1, 0.15) is 35.6 Å². The van der Waals surface area contributed by atoms with E-state index in [4.69, 9.17) is 0 Å². The maximum atomic E-state index is 12.8. The van der Waals surface area contributed by atoms with Crippen LogP contribution >= 0.6 is 0 Å². The topological polar surface area (TPSA) is 67.2 Å². The third-order valence-corrected chi connectivity index (χ3v) is 6.25. The summed E-state index contributed by atoms with van der Waals surface area (Å²) < 4.78 is 29.9. The Kier molecular flexibility index (Phi) is 3.65. The Bertz CT molecular complexity index is 884. The van der Waals surface area contributed by atoms with E-state index in [-0.39, 0.29) is 5.03 Å². The summed E-state index contributed by atoms with van der Waals surface area (Å²) in [5, 5.41) is 4.60. The molecule has 0 spiro atoms. The van der Waals surface area contributed by atoms with Crippen LogP contribution in [0.3, 0.4) is 0 Å². The lowest BCUT2D eigenvalue weighted by Crippen LogP contribution is -2.28. The lowest BCUT2D eigenvalue weighted by atomic mass is 9.98. The van der Waals surface area contributed by atoms with Gasteiger partial charge in [0.2, 0.25) is 0 Å². The summed E-state index contributed by atoms with van der Waals surface area (Å²) in [6, 6.07) is 7.54. The summed E-state index contributed by atoms with van der Waals surface area (Å²) in [5.74, 6) is 0.431. The van der Waals surface area contributed by atoms with Gasteiger partial charge < -0.3 is 4.90 Å². The Hall–Kier alpha value is -1.86. The van der Waals surface area contributed by atoms with Crippen molar-refractivity contribution in [2.75, 3.05) is 18.3 Å². The van der Waals surface area contributed by atoms with Crippen molar-refractivity contribution in [3.05, 3.63) is 41.1 Å². The smallest absolute Gasteiger partial charge is 0.279 e. The maximum absolute atomic E-state index is 12.8. The van der Waals surface area contributed by atoms with Crippen LogP contribution < -0.4 is 4.72 Å². The fourth-order valence-corrected chi connectivity index (χ4v) is 4.59. The van der Waals surface area contributed by atoms with Crippen LogP contribution in [0.5, 0.6) is 0 Å². The molecule has 0 unspecified atom stereocenters. The number of likely N-dealkylation sites (N-methyl/N-ethyl adjacent to an activating group) is 1. The molecule has 2 aliphatic rings. The summed E-state index contributed by atoms with van der Waals surface area (Å²) >= 11 is 0. The molecule has 24 heavy (non-hydrogen) atoms. The van der Waals surface area contributed by atoms with Crippen molar-refractivity contribution >= 4 is 15.7 Å². The lowest BCUT2D eigenvalue weighted by molar-refractivity contribution is 0.313. The van der Waals surface area contributed by atoms with Gasteiger partial charge in [0.05, 0.1) is 11.4 Å². The van der Waals surface area contributed by atoms with Crippen molar-refractivity contribution in [2.45, 2.75) is 36.8 Å². The van der Waals surface area contributed by atoms with E-state index >= 15 is 0 Å². The summed E-state index contributed by atoms with van der Waals surface area (Å²) in [6.45, 7) is 1.78. The Morgan fingerprint density at radius 1 is 1.25 bits per heavy atom. The van der Waals surface area contributed by atoms with E-state index in [1.807, 2.05) is 12.1 Å². The van der Waals surface area contributed by atoms with Crippen LogP contribution in [0.2, 0.25) is 0 Å². The quantitative estimate of drug-likeness (QED) is 0.920. The number of fused-ring (bicyclic) bond motifs is 1. The minimum atomic E-state index is -3.64. The van der Waals surface area contributed by atoms with Gasteiger partial charge in [-0.3, -0.25) is 9.40 Å². The number of rotatable bonds is 4. The summed E-state index contributed by atoms with van der Waals surface area (Å²) in [6.07, 6.45) is 3.05. The lowest BCUT2D eigenvalue weighted by Gasteiger charge is -2.26. The number of aromatic nitrogens is 2. The molecule has 1 saturated carbocycles. The van der Waals surface area contributed by atoms with E-state index in [9.17, 15) is 8.42 Å². The van der Waals surface area contributed by atoms with E-state index < -0.39 is 10.0 Å². The molecule has 1 N–H and O–H groups in total. The molecule has 1 aliphatic carbocycles. The van der Waals surface area contributed by atoms with E-state index in [0.29, 0.717) is 11.6 Å². The highest BCUT2D eigenvalue weighted by atomic mass is 32.2. The average molecular weight is 346 g/mol. The highest BCUT2D eigenvalue weighted by molar-refractivity contribution is 7.92. The molecule has 1 aliphatic heterocycles. The fraction of sp³-hybridized carbons (Fsp3) is 0.471. The van der Waals surface area contributed by atoms with E-state index in [1.54, 1.807) is 13.1 Å². The zero-order valence-electron chi connectivity index (χ0n) is 14.0. The van der Waals surface area contributed by atoms with Gasteiger partial charge in [-0.15, -0.1) is 0 Å². The largest absolute Gasteiger partial charge is 0.302 e. The zero-order valence-corrected chi connectivity index (χ0v) is 14.8. The van der Waals surface area contributed by atoms with E-state index in [2.05, 4.69) is 27.8 Å². The van der Waals surface area contributed by atoms with Crippen molar-refractivity contribution in [3.63, 3.8) is 0 Å². The minimum Gasteiger partial charge on any atom is -0.302 e. The van der Waals surface area contributed by atoms with Crippen molar-refractivity contribution in [2.24, 2.45) is 7.05 Å². The molecule has 0 atom stereocenters. The third kappa shape index (κ3) is 2.82. The first-order valence-corrected chi connectivity index (χ1v) is 9.78. The van der Waals surface area contributed by atoms with Crippen LogP contribution in [-0.4, -0.2) is 36.7 Å². The molecule has 6 nitrogen and oxygen atoms in total. The van der Waals surface area contributed by atoms with Crippen LogP contribution in [0.25, 0.3) is 0 Å². The van der Waals surface area contributed by atoms with Gasteiger partial charge in [-0.05, 0) is 43.5 Å². The molecule has 0 bridgehead atoms. The fourth-order valence-electron chi connectivity index (χ4n) is 3.34. The van der Waals surface area contributed by atoms with Crippen molar-refractivity contribution in [1.82, 2.24) is 14.7 Å². The standard InChI is InChI=1S/C17H22N4O2S/c1-20-9-8-14-13(11-20)4-3-5-15(14)19-24(22,23)17-10-16(12-6-7-12)18-21(17)2/h3-5,10,12,19H,6-9,11H2,1-2H3. The Labute approximate surface area is 142 Å². The van der Waals surface area contributed by atoms with Gasteiger partial charge in [0.25, 0.3) is 10.0 Å². The molecule has 0 radical (unpaired) electrons. The van der Waals surface area contributed by atoms with Crippen molar-refractivity contribution in [1.29, 1.82) is 0 Å². The van der Waals surface area contributed by atoms with Crippen molar-refractivity contribution in [3.8, 4) is 0 Å². The SMILES string of the molecule is CN1CCc2c(cccc2NS(=O)(=O)c2cc(C3CC3)nn2C)C1. The number of benzene rings is 1. The van der Waals surface area contributed by atoms with E-state index in [0.717, 1.165) is 43.6 Å².